The topological polar surface area (TPSA) is 73.7 Å². The molecule has 1 fully saturated rings. The molecule has 0 amide bonds. The average Bonchev–Trinajstić information content (AvgIpc) is 2.47. The number of aliphatic hydroxyl groups excluding tert-OH is 1. The quantitative estimate of drug-likeness (QED) is 0.859. The zero-order valence-corrected chi connectivity index (χ0v) is 13.4. The van der Waals surface area contributed by atoms with E-state index in [2.05, 4.69) is 23.7 Å². The van der Waals surface area contributed by atoms with Crippen molar-refractivity contribution in [3.8, 4) is 0 Å². The van der Waals surface area contributed by atoms with E-state index in [-0.39, 0.29) is 11.6 Å². The maximum Gasteiger partial charge on any atom is 0.260 e. The SMILES string of the molecule is CC(C)CN1CCN(S(=O)(=O)c2ccc(CO)cn2)CC1. The van der Waals surface area contributed by atoms with E-state index < -0.39 is 10.0 Å². The van der Waals surface area contributed by atoms with Gasteiger partial charge in [-0.25, -0.2) is 13.4 Å². The molecule has 21 heavy (non-hydrogen) atoms. The molecule has 1 saturated heterocycles. The van der Waals surface area contributed by atoms with Gasteiger partial charge in [0, 0.05) is 38.9 Å². The van der Waals surface area contributed by atoms with Gasteiger partial charge in [0.1, 0.15) is 0 Å². The molecule has 1 aromatic rings. The van der Waals surface area contributed by atoms with Gasteiger partial charge in [-0.1, -0.05) is 19.9 Å². The highest BCUT2D eigenvalue weighted by Crippen LogP contribution is 2.16. The Balaban J connectivity index is 2.03. The Kier molecular flexibility index (Phi) is 5.32. The summed E-state index contributed by atoms with van der Waals surface area (Å²) < 4.78 is 26.5. The van der Waals surface area contributed by atoms with Gasteiger partial charge in [0.2, 0.25) is 0 Å². The summed E-state index contributed by atoms with van der Waals surface area (Å²) in [5.74, 6) is 0.584. The molecule has 1 aromatic heterocycles. The molecular weight excluding hydrogens is 290 g/mol. The fourth-order valence-corrected chi connectivity index (χ4v) is 3.79. The highest BCUT2D eigenvalue weighted by atomic mass is 32.2. The van der Waals surface area contributed by atoms with Gasteiger partial charge >= 0.3 is 0 Å². The third kappa shape index (κ3) is 4.00. The number of nitrogens with zero attached hydrogens (tertiary/aromatic N) is 3. The van der Waals surface area contributed by atoms with E-state index in [1.807, 2.05) is 0 Å². The van der Waals surface area contributed by atoms with Crippen molar-refractivity contribution >= 4 is 10.0 Å². The van der Waals surface area contributed by atoms with Crippen LogP contribution in [0.5, 0.6) is 0 Å². The Morgan fingerprint density at radius 3 is 2.38 bits per heavy atom. The maximum absolute atomic E-state index is 12.5. The lowest BCUT2D eigenvalue weighted by Crippen LogP contribution is -2.49. The summed E-state index contributed by atoms with van der Waals surface area (Å²) in [6.07, 6.45) is 1.40. The van der Waals surface area contributed by atoms with Crippen LogP contribution in [-0.2, 0) is 16.6 Å². The van der Waals surface area contributed by atoms with Crippen LogP contribution in [0.1, 0.15) is 19.4 Å². The molecule has 1 N–H and O–H groups in total. The van der Waals surface area contributed by atoms with Gasteiger partial charge in [-0.3, -0.25) is 0 Å². The van der Waals surface area contributed by atoms with Gasteiger partial charge in [0.25, 0.3) is 10.0 Å². The number of rotatable bonds is 5. The third-order valence-corrected chi connectivity index (χ3v) is 5.35. The predicted molar refractivity (Wildman–Crippen MR) is 80.2 cm³/mol. The molecule has 1 aliphatic rings. The van der Waals surface area contributed by atoms with Gasteiger partial charge in [-0.15, -0.1) is 0 Å². The molecule has 0 atom stereocenters. The largest absolute Gasteiger partial charge is 0.392 e. The fraction of sp³-hybridized carbons (Fsp3) is 0.643. The van der Waals surface area contributed by atoms with Gasteiger partial charge in [0.15, 0.2) is 5.03 Å². The predicted octanol–water partition coefficient (Wildman–Crippen LogP) is 0.536. The van der Waals surface area contributed by atoms with Gasteiger partial charge in [-0.05, 0) is 17.5 Å². The lowest BCUT2D eigenvalue weighted by atomic mass is 10.2. The zero-order valence-electron chi connectivity index (χ0n) is 12.6. The Labute approximate surface area is 126 Å². The van der Waals surface area contributed by atoms with Crippen LogP contribution in [0.25, 0.3) is 0 Å². The Morgan fingerprint density at radius 2 is 1.90 bits per heavy atom. The van der Waals surface area contributed by atoms with Crippen LogP contribution in [0.15, 0.2) is 23.4 Å². The molecule has 0 unspecified atom stereocenters. The summed E-state index contributed by atoms with van der Waals surface area (Å²) in [7, 11) is -3.52. The Morgan fingerprint density at radius 1 is 1.24 bits per heavy atom. The number of hydrogen-bond acceptors (Lipinski definition) is 5. The van der Waals surface area contributed by atoms with E-state index in [0.29, 0.717) is 24.6 Å². The number of sulfonamides is 1. The maximum atomic E-state index is 12.5. The summed E-state index contributed by atoms with van der Waals surface area (Å²) in [5, 5.41) is 9.03. The van der Waals surface area contributed by atoms with Crippen molar-refractivity contribution in [3.63, 3.8) is 0 Å². The first-order valence-corrected chi connectivity index (χ1v) is 8.66. The molecule has 0 spiro atoms. The third-order valence-electron chi connectivity index (χ3n) is 3.54. The molecule has 0 saturated carbocycles. The summed E-state index contributed by atoms with van der Waals surface area (Å²) in [4.78, 5) is 6.25. The molecular formula is C14H23N3O3S. The van der Waals surface area contributed by atoms with Crippen LogP contribution < -0.4 is 0 Å². The molecule has 2 rings (SSSR count). The minimum Gasteiger partial charge on any atom is -0.392 e. The molecule has 0 aliphatic carbocycles. The highest BCUT2D eigenvalue weighted by Gasteiger charge is 2.29. The van der Waals surface area contributed by atoms with Crippen LogP contribution >= 0.6 is 0 Å². The first-order chi connectivity index (χ1) is 9.93. The van der Waals surface area contributed by atoms with E-state index in [9.17, 15) is 8.42 Å². The lowest BCUT2D eigenvalue weighted by molar-refractivity contribution is 0.172. The fourth-order valence-electron chi connectivity index (χ4n) is 2.46. The first kappa shape index (κ1) is 16.4. The molecule has 6 nitrogen and oxygen atoms in total. The van der Waals surface area contributed by atoms with Crippen molar-refractivity contribution in [1.82, 2.24) is 14.2 Å². The van der Waals surface area contributed by atoms with E-state index in [4.69, 9.17) is 5.11 Å². The average molecular weight is 313 g/mol. The number of aromatic nitrogens is 1. The number of piperazine rings is 1. The molecule has 0 aromatic carbocycles. The standard InChI is InChI=1S/C14H23N3O3S/c1-12(2)10-16-5-7-17(8-6-16)21(19,20)14-4-3-13(11-18)9-15-14/h3-4,9,12,18H,5-8,10-11H2,1-2H3. The van der Waals surface area contributed by atoms with Crippen molar-refractivity contribution in [1.29, 1.82) is 0 Å². The lowest BCUT2D eigenvalue weighted by Gasteiger charge is -2.34. The second kappa shape index (κ2) is 6.83. The van der Waals surface area contributed by atoms with Crippen molar-refractivity contribution in [2.75, 3.05) is 32.7 Å². The summed E-state index contributed by atoms with van der Waals surface area (Å²) in [6.45, 7) is 7.69. The monoisotopic (exact) mass is 313 g/mol. The number of aliphatic hydroxyl groups is 1. The molecule has 1 aliphatic heterocycles. The van der Waals surface area contributed by atoms with Crippen molar-refractivity contribution in [3.05, 3.63) is 23.9 Å². The van der Waals surface area contributed by atoms with Crippen LogP contribution in [-0.4, -0.2) is 60.4 Å². The Hall–Kier alpha value is -1.02. The van der Waals surface area contributed by atoms with Crippen LogP contribution in [0, 0.1) is 5.92 Å². The normalized spacial score (nSPS) is 18.3. The van der Waals surface area contributed by atoms with Gasteiger partial charge < -0.3 is 10.0 Å². The summed E-state index contributed by atoms with van der Waals surface area (Å²) in [5.41, 5.74) is 0.607. The van der Waals surface area contributed by atoms with Crippen LogP contribution in [0.4, 0.5) is 0 Å². The minimum absolute atomic E-state index is 0.0528. The second-order valence-electron chi connectivity index (χ2n) is 5.76. The zero-order chi connectivity index (χ0) is 15.5. The molecule has 7 heteroatoms. The minimum atomic E-state index is -3.52. The van der Waals surface area contributed by atoms with E-state index in [1.165, 1.54) is 16.6 Å². The van der Waals surface area contributed by atoms with E-state index in [1.54, 1.807) is 6.07 Å². The number of pyridine rings is 1. The van der Waals surface area contributed by atoms with Gasteiger partial charge in [-0.2, -0.15) is 4.31 Å². The highest BCUT2D eigenvalue weighted by molar-refractivity contribution is 7.89. The van der Waals surface area contributed by atoms with Gasteiger partial charge in [0.05, 0.1) is 6.61 Å². The molecule has 0 bridgehead atoms. The van der Waals surface area contributed by atoms with Crippen LogP contribution in [0.3, 0.4) is 0 Å². The van der Waals surface area contributed by atoms with Crippen molar-refractivity contribution < 1.29 is 13.5 Å². The number of hydrogen-bond donors (Lipinski definition) is 1. The van der Waals surface area contributed by atoms with Crippen molar-refractivity contribution in [2.45, 2.75) is 25.5 Å². The smallest absolute Gasteiger partial charge is 0.260 e. The Bertz CT molecular complexity index is 549. The first-order valence-electron chi connectivity index (χ1n) is 7.22. The molecule has 2 heterocycles. The van der Waals surface area contributed by atoms with E-state index in [0.717, 1.165) is 19.6 Å². The summed E-state index contributed by atoms with van der Waals surface area (Å²) >= 11 is 0. The van der Waals surface area contributed by atoms with E-state index >= 15 is 0 Å². The molecule has 118 valence electrons. The van der Waals surface area contributed by atoms with Crippen LogP contribution in [0.2, 0.25) is 0 Å². The summed E-state index contributed by atoms with van der Waals surface area (Å²) in [6, 6.07) is 3.05. The molecule has 0 radical (unpaired) electrons. The second-order valence-corrected chi connectivity index (χ2v) is 7.65. The van der Waals surface area contributed by atoms with Crippen molar-refractivity contribution in [2.24, 2.45) is 5.92 Å².